The van der Waals surface area contributed by atoms with Gasteiger partial charge in [0.1, 0.15) is 0 Å². The summed E-state index contributed by atoms with van der Waals surface area (Å²) >= 11 is 0. The molecule has 0 heterocycles. The standard InChI is InChI=1S/C13H19NO3/c1-3-16-13(15)11(2)9-14-17-10-12-7-5-4-6-8-12/h4-8,11,14H,3,9-10H2,1-2H3. The van der Waals surface area contributed by atoms with Crippen LogP contribution in [0.1, 0.15) is 19.4 Å². The summed E-state index contributed by atoms with van der Waals surface area (Å²) in [5.41, 5.74) is 3.86. The second-order valence-corrected chi connectivity index (χ2v) is 3.78. The molecule has 1 unspecified atom stereocenters. The zero-order valence-corrected chi connectivity index (χ0v) is 10.3. The van der Waals surface area contributed by atoms with E-state index in [1.165, 1.54) is 0 Å². The van der Waals surface area contributed by atoms with Crippen molar-refractivity contribution in [3.05, 3.63) is 35.9 Å². The summed E-state index contributed by atoms with van der Waals surface area (Å²) in [4.78, 5) is 16.6. The number of esters is 1. The summed E-state index contributed by atoms with van der Waals surface area (Å²) in [5, 5.41) is 0. The van der Waals surface area contributed by atoms with E-state index in [0.717, 1.165) is 5.56 Å². The first-order chi connectivity index (χ1) is 8.24. The van der Waals surface area contributed by atoms with Gasteiger partial charge in [-0.15, -0.1) is 0 Å². The first-order valence-electron chi connectivity index (χ1n) is 5.79. The minimum atomic E-state index is -0.205. The van der Waals surface area contributed by atoms with Gasteiger partial charge in [0.2, 0.25) is 0 Å². The minimum absolute atomic E-state index is 0.203. The van der Waals surface area contributed by atoms with Crippen LogP contribution in [0.3, 0.4) is 0 Å². The number of ether oxygens (including phenoxy) is 1. The molecule has 0 bridgehead atoms. The summed E-state index contributed by atoms with van der Waals surface area (Å²) in [7, 11) is 0. The van der Waals surface area contributed by atoms with Crippen molar-refractivity contribution in [2.45, 2.75) is 20.5 Å². The summed E-state index contributed by atoms with van der Waals surface area (Å²) < 4.78 is 4.88. The third kappa shape index (κ3) is 5.47. The first-order valence-corrected chi connectivity index (χ1v) is 5.79. The lowest BCUT2D eigenvalue weighted by molar-refractivity contribution is -0.148. The van der Waals surface area contributed by atoms with E-state index < -0.39 is 0 Å². The maximum atomic E-state index is 11.3. The van der Waals surface area contributed by atoms with Crippen LogP contribution in [0.2, 0.25) is 0 Å². The molecule has 4 nitrogen and oxygen atoms in total. The lowest BCUT2D eigenvalue weighted by Gasteiger charge is -2.11. The molecule has 4 heteroatoms. The Morgan fingerprint density at radius 1 is 1.35 bits per heavy atom. The summed E-state index contributed by atoms with van der Waals surface area (Å²) in [6, 6.07) is 9.84. The molecule has 0 aromatic heterocycles. The van der Waals surface area contributed by atoms with Gasteiger partial charge in [-0.2, -0.15) is 0 Å². The van der Waals surface area contributed by atoms with E-state index in [4.69, 9.17) is 9.57 Å². The van der Waals surface area contributed by atoms with Crippen LogP contribution in [-0.4, -0.2) is 19.1 Å². The summed E-state index contributed by atoms with van der Waals surface area (Å²) in [6.07, 6.45) is 0. The number of carbonyl (C=O) groups excluding carboxylic acids is 1. The van der Waals surface area contributed by atoms with E-state index >= 15 is 0 Å². The molecule has 0 aliphatic rings. The van der Waals surface area contributed by atoms with Crippen LogP contribution < -0.4 is 5.48 Å². The lowest BCUT2D eigenvalue weighted by atomic mass is 10.2. The van der Waals surface area contributed by atoms with Gasteiger partial charge in [0.15, 0.2) is 0 Å². The number of hydrogen-bond donors (Lipinski definition) is 1. The second kappa shape index (κ2) is 7.81. The molecule has 0 amide bonds. The SMILES string of the molecule is CCOC(=O)C(C)CNOCc1ccccc1. The smallest absolute Gasteiger partial charge is 0.310 e. The molecule has 0 spiro atoms. The van der Waals surface area contributed by atoms with Crippen molar-refractivity contribution in [1.29, 1.82) is 0 Å². The van der Waals surface area contributed by atoms with Gasteiger partial charge in [0.25, 0.3) is 0 Å². The average molecular weight is 237 g/mol. The van der Waals surface area contributed by atoms with Crippen molar-refractivity contribution in [2.75, 3.05) is 13.2 Å². The molecule has 0 saturated carbocycles. The molecule has 0 saturated heterocycles. The van der Waals surface area contributed by atoms with Gasteiger partial charge in [0, 0.05) is 6.54 Å². The zero-order chi connectivity index (χ0) is 12.5. The van der Waals surface area contributed by atoms with Crippen molar-refractivity contribution in [3.8, 4) is 0 Å². The number of carbonyl (C=O) groups is 1. The van der Waals surface area contributed by atoms with E-state index in [2.05, 4.69) is 5.48 Å². The number of benzene rings is 1. The lowest BCUT2D eigenvalue weighted by Crippen LogP contribution is -2.28. The Labute approximate surface area is 102 Å². The van der Waals surface area contributed by atoms with E-state index in [1.54, 1.807) is 13.8 Å². The van der Waals surface area contributed by atoms with Crippen LogP contribution in [0.5, 0.6) is 0 Å². The monoisotopic (exact) mass is 237 g/mol. The number of nitrogens with one attached hydrogen (secondary N) is 1. The molecule has 0 aliphatic heterocycles. The highest BCUT2D eigenvalue weighted by Crippen LogP contribution is 2.00. The normalized spacial score (nSPS) is 12.1. The molecule has 1 aromatic carbocycles. The van der Waals surface area contributed by atoms with Gasteiger partial charge in [-0.3, -0.25) is 9.63 Å². The van der Waals surface area contributed by atoms with Crippen LogP contribution in [0.25, 0.3) is 0 Å². The highest BCUT2D eigenvalue weighted by molar-refractivity contribution is 5.72. The predicted molar refractivity (Wildman–Crippen MR) is 65.0 cm³/mol. The fourth-order valence-corrected chi connectivity index (χ4v) is 1.26. The maximum absolute atomic E-state index is 11.3. The van der Waals surface area contributed by atoms with E-state index in [0.29, 0.717) is 19.8 Å². The molecule has 1 atom stereocenters. The van der Waals surface area contributed by atoms with Crippen LogP contribution in [0.15, 0.2) is 30.3 Å². The van der Waals surface area contributed by atoms with E-state index in [9.17, 15) is 4.79 Å². The van der Waals surface area contributed by atoms with E-state index in [-0.39, 0.29) is 11.9 Å². The fraction of sp³-hybridized carbons (Fsp3) is 0.462. The van der Waals surface area contributed by atoms with Crippen LogP contribution in [-0.2, 0) is 21.0 Å². The van der Waals surface area contributed by atoms with Gasteiger partial charge >= 0.3 is 5.97 Å². The molecular weight excluding hydrogens is 218 g/mol. The summed E-state index contributed by atoms with van der Waals surface area (Å²) in [5.74, 6) is -0.408. The van der Waals surface area contributed by atoms with Gasteiger partial charge in [0.05, 0.1) is 19.1 Å². The highest BCUT2D eigenvalue weighted by Gasteiger charge is 2.12. The topological polar surface area (TPSA) is 47.6 Å². The molecular formula is C13H19NO3. The third-order valence-electron chi connectivity index (χ3n) is 2.26. The van der Waals surface area contributed by atoms with Crippen molar-refractivity contribution in [3.63, 3.8) is 0 Å². The van der Waals surface area contributed by atoms with Crippen molar-refractivity contribution < 1.29 is 14.4 Å². The third-order valence-corrected chi connectivity index (χ3v) is 2.26. The minimum Gasteiger partial charge on any atom is -0.466 e. The molecule has 17 heavy (non-hydrogen) atoms. The Morgan fingerprint density at radius 2 is 2.06 bits per heavy atom. The van der Waals surface area contributed by atoms with Crippen LogP contribution >= 0.6 is 0 Å². The van der Waals surface area contributed by atoms with Gasteiger partial charge in [-0.1, -0.05) is 37.3 Å². The highest BCUT2D eigenvalue weighted by atomic mass is 16.6. The van der Waals surface area contributed by atoms with Crippen molar-refractivity contribution in [1.82, 2.24) is 5.48 Å². The largest absolute Gasteiger partial charge is 0.466 e. The average Bonchev–Trinajstić information content (AvgIpc) is 2.36. The number of hydroxylamine groups is 1. The van der Waals surface area contributed by atoms with E-state index in [1.807, 2.05) is 30.3 Å². The Hall–Kier alpha value is -1.39. The molecule has 1 rings (SSSR count). The molecule has 0 aliphatic carbocycles. The number of hydrogen-bond acceptors (Lipinski definition) is 4. The zero-order valence-electron chi connectivity index (χ0n) is 10.3. The Balaban J connectivity index is 2.14. The number of rotatable bonds is 7. The molecule has 1 N–H and O–H groups in total. The molecule has 94 valence electrons. The quantitative estimate of drug-likeness (QED) is 0.447. The first kappa shape index (κ1) is 13.7. The Kier molecular flexibility index (Phi) is 6.29. The molecule has 0 fully saturated rings. The maximum Gasteiger partial charge on any atom is 0.310 e. The van der Waals surface area contributed by atoms with Gasteiger partial charge in [-0.25, -0.2) is 5.48 Å². The molecule has 0 radical (unpaired) electrons. The Bertz CT molecular complexity index is 327. The van der Waals surface area contributed by atoms with Gasteiger partial charge in [-0.05, 0) is 12.5 Å². The predicted octanol–water partition coefficient (Wildman–Crippen LogP) is 1.91. The van der Waals surface area contributed by atoms with Gasteiger partial charge < -0.3 is 4.74 Å². The fourth-order valence-electron chi connectivity index (χ4n) is 1.26. The summed E-state index contributed by atoms with van der Waals surface area (Å²) in [6.45, 7) is 4.94. The molecule has 1 aromatic rings. The Morgan fingerprint density at radius 3 is 2.71 bits per heavy atom. The van der Waals surface area contributed by atoms with Crippen LogP contribution in [0, 0.1) is 5.92 Å². The second-order valence-electron chi connectivity index (χ2n) is 3.78. The van der Waals surface area contributed by atoms with Crippen molar-refractivity contribution >= 4 is 5.97 Å². The van der Waals surface area contributed by atoms with Crippen molar-refractivity contribution in [2.24, 2.45) is 5.92 Å². The van der Waals surface area contributed by atoms with Crippen LogP contribution in [0.4, 0.5) is 0 Å².